The maximum absolute atomic E-state index is 10.9. The fraction of sp³-hybridized carbons (Fsp3) is 0.556. The lowest BCUT2D eigenvalue weighted by Crippen LogP contribution is -2.09. The van der Waals surface area contributed by atoms with Crippen LogP contribution in [0.15, 0.2) is 0 Å². The van der Waals surface area contributed by atoms with E-state index in [-0.39, 0.29) is 24.9 Å². The van der Waals surface area contributed by atoms with Crippen LogP contribution in [0, 0.1) is 29.6 Å². The number of ether oxygens (including phenoxy) is 1. The largest absolute Gasteiger partial charge is 0.452 e. The average molecular weight is 165 g/mol. The zero-order chi connectivity index (χ0) is 9.40. The fourth-order valence-corrected chi connectivity index (χ4v) is 0.694. The van der Waals surface area contributed by atoms with Gasteiger partial charge in [0.05, 0.1) is 6.07 Å². The molecular weight excluding hydrogens is 154 g/mol. The molecule has 0 aliphatic carbocycles. The summed E-state index contributed by atoms with van der Waals surface area (Å²) >= 11 is 0. The minimum absolute atomic E-state index is 0.0120. The van der Waals surface area contributed by atoms with Crippen molar-refractivity contribution in [2.45, 2.75) is 19.8 Å². The number of carbonyl (C=O) groups excluding carboxylic acids is 1. The topological polar surface area (TPSA) is 50.1 Å². The van der Waals surface area contributed by atoms with Gasteiger partial charge in [0.2, 0.25) is 0 Å². The number of hydrogen-bond acceptors (Lipinski definition) is 3. The lowest BCUT2D eigenvalue weighted by molar-refractivity contribution is -0.143. The molecule has 0 aromatic carbocycles. The van der Waals surface area contributed by atoms with E-state index in [2.05, 4.69) is 10.7 Å². The van der Waals surface area contributed by atoms with E-state index in [1.54, 1.807) is 0 Å². The van der Waals surface area contributed by atoms with E-state index in [1.165, 1.54) is 0 Å². The second-order valence-electron chi connectivity index (χ2n) is 2.54. The number of rotatable bonds is 4. The smallest absolute Gasteiger partial charge is 0.307 e. The van der Waals surface area contributed by atoms with Gasteiger partial charge >= 0.3 is 5.97 Å². The Morgan fingerprint density at radius 2 is 2.42 bits per heavy atom. The minimum Gasteiger partial charge on any atom is -0.452 e. The average Bonchev–Trinajstić information content (AvgIpc) is 2.01. The molecular formula is C9H11NO2. The molecule has 64 valence electrons. The molecule has 0 heterocycles. The quantitative estimate of drug-likeness (QED) is 0.463. The summed E-state index contributed by atoms with van der Waals surface area (Å²) in [5.41, 5.74) is 0. The van der Waals surface area contributed by atoms with Crippen LogP contribution in [0.4, 0.5) is 0 Å². The van der Waals surface area contributed by atoms with Gasteiger partial charge in [0.15, 0.2) is 6.61 Å². The van der Waals surface area contributed by atoms with Gasteiger partial charge in [-0.15, -0.1) is 6.42 Å². The zero-order valence-electron chi connectivity index (χ0n) is 7.04. The molecule has 0 saturated heterocycles. The van der Waals surface area contributed by atoms with Gasteiger partial charge in [0.1, 0.15) is 0 Å². The van der Waals surface area contributed by atoms with Gasteiger partial charge in [-0.05, 0) is 5.92 Å². The number of nitrogens with zero attached hydrogens (tertiary/aromatic N) is 1. The van der Waals surface area contributed by atoms with Gasteiger partial charge in [-0.25, -0.2) is 0 Å². The van der Waals surface area contributed by atoms with Gasteiger partial charge in [0, 0.05) is 12.8 Å². The summed E-state index contributed by atoms with van der Waals surface area (Å²) in [6.07, 6.45) is 5.51. The number of hydrogen-bond donors (Lipinski definition) is 0. The van der Waals surface area contributed by atoms with Crippen molar-refractivity contribution in [3.8, 4) is 18.4 Å². The SMILES string of the molecule is C#CCOC(=O)CC(C)CC#N. The predicted octanol–water partition coefficient (Wildman–Crippen LogP) is 1.10. The van der Waals surface area contributed by atoms with E-state index in [1.807, 2.05) is 13.0 Å². The van der Waals surface area contributed by atoms with Crippen LogP contribution in [0.3, 0.4) is 0 Å². The molecule has 0 aliphatic rings. The predicted molar refractivity (Wildman–Crippen MR) is 43.8 cm³/mol. The van der Waals surface area contributed by atoms with E-state index >= 15 is 0 Å². The molecule has 0 N–H and O–H groups in total. The molecule has 0 saturated carbocycles. The molecule has 12 heavy (non-hydrogen) atoms. The second kappa shape index (κ2) is 6.24. The van der Waals surface area contributed by atoms with Gasteiger partial charge in [-0.1, -0.05) is 12.8 Å². The van der Waals surface area contributed by atoms with Crippen LogP contribution in [0.1, 0.15) is 19.8 Å². The van der Waals surface area contributed by atoms with Crippen molar-refractivity contribution < 1.29 is 9.53 Å². The van der Waals surface area contributed by atoms with Crippen molar-refractivity contribution in [1.82, 2.24) is 0 Å². The normalized spacial score (nSPS) is 10.9. The van der Waals surface area contributed by atoms with Crippen LogP contribution in [0.5, 0.6) is 0 Å². The Kier molecular flexibility index (Phi) is 5.47. The summed E-state index contributed by atoms with van der Waals surface area (Å²) < 4.78 is 4.62. The molecule has 0 radical (unpaired) electrons. The third-order valence-corrected chi connectivity index (χ3v) is 1.27. The third kappa shape index (κ3) is 5.32. The number of terminal acetylenes is 1. The minimum atomic E-state index is -0.337. The molecule has 0 bridgehead atoms. The van der Waals surface area contributed by atoms with E-state index in [0.717, 1.165) is 0 Å². The number of esters is 1. The zero-order valence-corrected chi connectivity index (χ0v) is 7.04. The van der Waals surface area contributed by atoms with Gasteiger partial charge in [-0.3, -0.25) is 4.79 Å². The van der Waals surface area contributed by atoms with Gasteiger partial charge in [0.25, 0.3) is 0 Å². The molecule has 0 amide bonds. The van der Waals surface area contributed by atoms with Crippen LogP contribution >= 0.6 is 0 Å². The summed E-state index contributed by atoms with van der Waals surface area (Å²) in [6, 6.07) is 1.98. The molecule has 0 spiro atoms. The first-order chi connectivity index (χ1) is 5.70. The number of carbonyl (C=O) groups is 1. The van der Waals surface area contributed by atoms with E-state index < -0.39 is 0 Å². The van der Waals surface area contributed by atoms with Crippen molar-refractivity contribution >= 4 is 5.97 Å². The first-order valence-corrected chi connectivity index (χ1v) is 3.66. The summed E-state index contributed by atoms with van der Waals surface area (Å²) in [6.45, 7) is 1.83. The molecule has 0 aromatic heterocycles. The Morgan fingerprint density at radius 3 is 2.92 bits per heavy atom. The van der Waals surface area contributed by atoms with Crippen molar-refractivity contribution in [2.75, 3.05) is 6.61 Å². The van der Waals surface area contributed by atoms with Crippen LogP contribution in [0.2, 0.25) is 0 Å². The van der Waals surface area contributed by atoms with Crippen molar-refractivity contribution in [2.24, 2.45) is 5.92 Å². The highest BCUT2D eigenvalue weighted by molar-refractivity contribution is 5.69. The second-order valence-corrected chi connectivity index (χ2v) is 2.54. The van der Waals surface area contributed by atoms with Crippen LogP contribution in [-0.4, -0.2) is 12.6 Å². The summed E-state index contributed by atoms with van der Waals surface area (Å²) in [5.74, 6) is 1.90. The Labute approximate surface area is 72.3 Å². The highest BCUT2D eigenvalue weighted by atomic mass is 16.5. The molecule has 0 rings (SSSR count). The van der Waals surface area contributed by atoms with Gasteiger partial charge < -0.3 is 4.74 Å². The molecule has 0 fully saturated rings. The lowest BCUT2D eigenvalue weighted by Gasteiger charge is -2.04. The van der Waals surface area contributed by atoms with Crippen molar-refractivity contribution in [3.63, 3.8) is 0 Å². The highest BCUT2D eigenvalue weighted by Gasteiger charge is 2.08. The molecule has 3 nitrogen and oxygen atoms in total. The molecule has 1 unspecified atom stereocenters. The molecule has 0 aliphatic heterocycles. The van der Waals surface area contributed by atoms with E-state index in [4.69, 9.17) is 11.7 Å². The summed E-state index contributed by atoms with van der Waals surface area (Å²) in [7, 11) is 0. The Bertz CT molecular complexity index is 222. The Morgan fingerprint density at radius 1 is 1.75 bits per heavy atom. The monoisotopic (exact) mass is 165 g/mol. The first kappa shape index (κ1) is 10.5. The summed E-state index contributed by atoms with van der Waals surface area (Å²) in [4.78, 5) is 10.9. The van der Waals surface area contributed by atoms with Crippen LogP contribution in [0.25, 0.3) is 0 Å². The van der Waals surface area contributed by atoms with E-state index in [9.17, 15) is 4.79 Å². The van der Waals surface area contributed by atoms with E-state index in [0.29, 0.717) is 6.42 Å². The maximum Gasteiger partial charge on any atom is 0.307 e. The number of nitriles is 1. The lowest BCUT2D eigenvalue weighted by atomic mass is 10.1. The standard InChI is InChI=1S/C9H11NO2/c1-3-6-12-9(11)7-8(2)4-5-10/h1,8H,4,6-7H2,2H3. The maximum atomic E-state index is 10.9. The summed E-state index contributed by atoms with van der Waals surface area (Å²) in [5, 5.41) is 8.29. The first-order valence-electron chi connectivity index (χ1n) is 3.66. The molecule has 0 aromatic rings. The van der Waals surface area contributed by atoms with Crippen molar-refractivity contribution in [3.05, 3.63) is 0 Å². The van der Waals surface area contributed by atoms with Crippen molar-refractivity contribution in [1.29, 1.82) is 5.26 Å². The third-order valence-electron chi connectivity index (χ3n) is 1.27. The highest BCUT2D eigenvalue weighted by Crippen LogP contribution is 2.06. The van der Waals surface area contributed by atoms with Gasteiger partial charge in [-0.2, -0.15) is 5.26 Å². The van der Waals surface area contributed by atoms with Crippen LogP contribution < -0.4 is 0 Å². The molecule has 3 heteroatoms. The Balaban J connectivity index is 3.57. The Hall–Kier alpha value is -1.48. The molecule has 1 atom stereocenters. The van der Waals surface area contributed by atoms with Crippen LogP contribution in [-0.2, 0) is 9.53 Å². The fourth-order valence-electron chi connectivity index (χ4n) is 0.694.